The van der Waals surface area contributed by atoms with E-state index in [1.165, 1.54) is 5.56 Å². The van der Waals surface area contributed by atoms with E-state index in [9.17, 15) is 0 Å². The Hall–Kier alpha value is -2.28. The fraction of sp³-hybridized carbons (Fsp3) is 0.158. The lowest BCUT2D eigenvalue weighted by molar-refractivity contribution is 0.867. The van der Waals surface area contributed by atoms with Crippen molar-refractivity contribution in [2.75, 3.05) is 5.32 Å². The highest BCUT2D eigenvalue weighted by Gasteiger charge is 1.97. The molecule has 0 bridgehead atoms. The van der Waals surface area contributed by atoms with Crippen LogP contribution in [0.3, 0.4) is 0 Å². The minimum absolute atomic E-state index is 0.569. The molecule has 0 aliphatic heterocycles. The van der Waals surface area contributed by atoms with Gasteiger partial charge in [-0.25, -0.2) is 0 Å². The van der Waals surface area contributed by atoms with Crippen molar-refractivity contribution in [1.29, 1.82) is 0 Å². The molecule has 1 heteroatoms. The molecule has 0 saturated heterocycles. The molecular weight excluding hydrogens is 242 g/mol. The van der Waals surface area contributed by atoms with Crippen LogP contribution in [0.15, 0.2) is 61.3 Å². The molecule has 2 aromatic carbocycles. The summed E-state index contributed by atoms with van der Waals surface area (Å²) in [5.74, 6) is 0.569. The molecule has 0 amide bonds. The molecule has 0 aliphatic rings. The Morgan fingerprint density at radius 1 is 0.950 bits per heavy atom. The number of hydrogen-bond acceptors (Lipinski definition) is 1. The highest BCUT2D eigenvalue weighted by atomic mass is 14.8. The second-order valence-corrected chi connectivity index (χ2v) is 5.09. The second-order valence-electron chi connectivity index (χ2n) is 5.09. The van der Waals surface area contributed by atoms with Crippen molar-refractivity contribution in [3.8, 4) is 0 Å². The number of anilines is 1. The SMILES string of the molecule is C=Cc1ccccc1/C=C/Nc1ccc(C(C)C)cc1. The van der Waals surface area contributed by atoms with Gasteiger partial charge in [0.2, 0.25) is 0 Å². The molecule has 0 spiro atoms. The van der Waals surface area contributed by atoms with Gasteiger partial charge in [-0.05, 0) is 40.8 Å². The number of rotatable bonds is 5. The first-order chi connectivity index (χ1) is 9.70. The van der Waals surface area contributed by atoms with E-state index in [0.29, 0.717) is 5.92 Å². The predicted molar refractivity (Wildman–Crippen MR) is 89.7 cm³/mol. The maximum absolute atomic E-state index is 3.83. The van der Waals surface area contributed by atoms with Gasteiger partial charge in [0.05, 0.1) is 0 Å². The van der Waals surface area contributed by atoms with Crippen LogP contribution in [0.25, 0.3) is 12.2 Å². The van der Waals surface area contributed by atoms with Crippen LogP contribution in [0.2, 0.25) is 0 Å². The monoisotopic (exact) mass is 263 g/mol. The molecule has 0 heterocycles. The topological polar surface area (TPSA) is 12.0 Å². The summed E-state index contributed by atoms with van der Waals surface area (Å²) in [7, 11) is 0. The van der Waals surface area contributed by atoms with E-state index in [0.717, 1.165) is 16.8 Å². The average Bonchev–Trinajstić information content (AvgIpc) is 2.48. The van der Waals surface area contributed by atoms with E-state index in [1.807, 2.05) is 24.4 Å². The Morgan fingerprint density at radius 3 is 2.20 bits per heavy atom. The third-order valence-electron chi connectivity index (χ3n) is 3.31. The maximum atomic E-state index is 3.83. The normalized spacial score (nSPS) is 10.9. The van der Waals surface area contributed by atoms with E-state index in [4.69, 9.17) is 0 Å². The van der Waals surface area contributed by atoms with Crippen molar-refractivity contribution in [1.82, 2.24) is 0 Å². The lowest BCUT2D eigenvalue weighted by Crippen LogP contribution is -1.90. The van der Waals surface area contributed by atoms with Gasteiger partial charge in [-0.3, -0.25) is 0 Å². The van der Waals surface area contributed by atoms with Crippen molar-refractivity contribution < 1.29 is 0 Å². The quantitative estimate of drug-likeness (QED) is 0.747. The summed E-state index contributed by atoms with van der Waals surface area (Å²) in [5, 5.41) is 3.30. The van der Waals surface area contributed by atoms with Gasteiger partial charge in [-0.2, -0.15) is 0 Å². The van der Waals surface area contributed by atoms with Crippen molar-refractivity contribution in [3.05, 3.63) is 78.0 Å². The molecule has 0 atom stereocenters. The maximum Gasteiger partial charge on any atom is 0.0379 e. The van der Waals surface area contributed by atoms with Crippen LogP contribution in [-0.2, 0) is 0 Å². The standard InChI is InChI=1S/C19H21N/c1-4-16-7-5-6-8-18(16)13-14-20-19-11-9-17(10-12-19)15(2)3/h4-15,20H,1H2,2-3H3/b14-13+. The number of nitrogens with one attached hydrogen (secondary N) is 1. The number of benzene rings is 2. The van der Waals surface area contributed by atoms with Crippen LogP contribution in [0, 0.1) is 0 Å². The van der Waals surface area contributed by atoms with Crippen LogP contribution in [0.4, 0.5) is 5.69 Å². The zero-order valence-corrected chi connectivity index (χ0v) is 12.1. The smallest absolute Gasteiger partial charge is 0.0379 e. The fourth-order valence-electron chi connectivity index (χ4n) is 2.04. The van der Waals surface area contributed by atoms with Gasteiger partial charge < -0.3 is 5.32 Å². The predicted octanol–water partition coefficient (Wildman–Crippen LogP) is 5.54. The molecule has 0 aliphatic carbocycles. The van der Waals surface area contributed by atoms with Crippen LogP contribution in [0.1, 0.15) is 36.5 Å². The Morgan fingerprint density at radius 2 is 1.60 bits per heavy atom. The van der Waals surface area contributed by atoms with Crippen molar-refractivity contribution in [2.24, 2.45) is 0 Å². The van der Waals surface area contributed by atoms with E-state index in [-0.39, 0.29) is 0 Å². The highest BCUT2D eigenvalue weighted by Crippen LogP contribution is 2.17. The first kappa shape index (κ1) is 14.1. The molecule has 20 heavy (non-hydrogen) atoms. The van der Waals surface area contributed by atoms with Crippen LogP contribution < -0.4 is 5.32 Å². The molecule has 1 N–H and O–H groups in total. The van der Waals surface area contributed by atoms with Crippen LogP contribution in [0.5, 0.6) is 0 Å². The van der Waals surface area contributed by atoms with E-state index in [1.54, 1.807) is 0 Å². The van der Waals surface area contributed by atoms with Gasteiger partial charge in [0.15, 0.2) is 0 Å². The molecule has 2 aromatic rings. The first-order valence-corrected chi connectivity index (χ1v) is 6.95. The Bertz CT molecular complexity index is 591. The van der Waals surface area contributed by atoms with Crippen LogP contribution >= 0.6 is 0 Å². The van der Waals surface area contributed by atoms with Gasteiger partial charge in [-0.1, -0.05) is 62.9 Å². The second kappa shape index (κ2) is 6.76. The van der Waals surface area contributed by atoms with Gasteiger partial charge in [-0.15, -0.1) is 0 Å². The minimum Gasteiger partial charge on any atom is -0.362 e. The molecule has 0 aromatic heterocycles. The average molecular weight is 263 g/mol. The van der Waals surface area contributed by atoms with Gasteiger partial charge >= 0.3 is 0 Å². The van der Waals surface area contributed by atoms with Gasteiger partial charge in [0.25, 0.3) is 0 Å². The van der Waals surface area contributed by atoms with Crippen LogP contribution in [-0.4, -0.2) is 0 Å². The van der Waals surface area contributed by atoms with Crippen molar-refractivity contribution >= 4 is 17.8 Å². The molecule has 1 nitrogen and oxygen atoms in total. The molecule has 0 radical (unpaired) electrons. The summed E-state index contributed by atoms with van der Waals surface area (Å²) in [6, 6.07) is 16.7. The molecule has 0 unspecified atom stereocenters. The fourth-order valence-corrected chi connectivity index (χ4v) is 2.04. The van der Waals surface area contributed by atoms with E-state index < -0.39 is 0 Å². The summed E-state index contributed by atoms with van der Waals surface area (Å²) < 4.78 is 0. The minimum atomic E-state index is 0.569. The summed E-state index contributed by atoms with van der Waals surface area (Å²) in [6.45, 7) is 8.24. The third kappa shape index (κ3) is 3.61. The molecule has 102 valence electrons. The zero-order chi connectivity index (χ0) is 14.4. The molecular formula is C19H21N. The highest BCUT2D eigenvalue weighted by molar-refractivity contribution is 5.65. The van der Waals surface area contributed by atoms with Gasteiger partial charge in [0.1, 0.15) is 0 Å². The van der Waals surface area contributed by atoms with Gasteiger partial charge in [0, 0.05) is 11.9 Å². The Kier molecular flexibility index (Phi) is 4.78. The lowest BCUT2D eigenvalue weighted by Gasteiger charge is -2.06. The largest absolute Gasteiger partial charge is 0.362 e. The first-order valence-electron chi connectivity index (χ1n) is 6.95. The third-order valence-corrected chi connectivity index (χ3v) is 3.31. The van der Waals surface area contributed by atoms with E-state index >= 15 is 0 Å². The molecule has 2 rings (SSSR count). The lowest BCUT2D eigenvalue weighted by atomic mass is 10.0. The Balaban J connectivity index is 2.04. The molecule has 0 saturated carbocycles. The summed E-state index contributed by atoms with van der Waals surface area (Å²) in [4.78, 5) is 0. The molecule has 0 fully saturated rings. The van der Waals surface area contributed by atoms with E-state index in [2.05, 4.69) is 68.2 Å². The number of hydrogen-bond donors (Lipinski definition) is 1. The van der Waals surface area contributed by atoms with Crippen molar-refractivity contribution in [3.63, 3.8) is 0 Å². The Labute approximate surface area is 121 Å². The summed E-state index contributed by atoms with van der Waals surface area (Å²) in [5.41, 5.74) is 4.76. The summed E-state index contributed by atoms with van der Waals surface area (Å²) >= 11 is 0. The summed E-state index contributed by atoms with van der Waals surface area (Å²) in [6.07, 6.45) is 5.90. The van der Waals surface area contributed by atoms with Crippen molar-refractivity contribution in [2.45, 2.75) is 19.8 Å². The zero-order valence-electron chi connectivity index (χ0n) is 12.1.